The van der Waals surface area contributed by atoms with Crippen molar-refractivity contribution >= 4 is 0 Å². The number of hydrogen-bond acceptors (Lipinski definition) is 6. The van der Waals surface area contributed by atoms with Crippen LogP contribution in [0.5, 0.6) is 0 Å². The second-order valence-electron chi connectivity index (χ2n) is 8.41. The zero-order valence-electron chi connectivity index (χ0n) is 17.3. The van der Waals surface area contributed by atoms with Gasteiger partial charge in [-0.05, 0) is 79.7 Å². The lowest BCUT2D eigenvalue weighted by Gasteiger charge is -2.29. The van der Waals surface area contributed by atoms with E-state index in [1.54, 1.807) is 12.4 Å². The van der Waals surface area contributed by atoms with Gasteiger partial charge < -0.3 is 4.42 Å². The highest BCUT2D eigenvalue weighted by Gasteiger charge is 2.27. The van der Waals surface area contributed by atoms with Gasteiger partial charge in [-0.3, -0.25) is 9.88 Å². The minimum Gasteiger partial charge on any atom is -0.460 e. The number of piperidine rings is 1. The molecule has 156 valence electrons. The van der Waals surface area contributed by atoms with Crippen LogP contribution in [0.4, 0.5) is 0 Å². The maximum atomic E-state index is 11.1. The van der Waals surface area contributed by atoms with Gasteiger partial charge >= 0.3 is 0 Å². The first-order valence-corrected chi connectivity index (χ1v) is 10.9. The second kappa shape index (κ2) is 8.44. The van der Waals surface area contributed by atoms with Crippen LogP contribution in [0.25, 0.3) is 22.5 Å². The van der Waals surface area contributed by atoms with Gasteiger partial charge in [-0.1, -0.05) is 17.3 Å². The number of hydrogen-bond donors (Lipinski definition) is 0. The summed E-state index contributed by atoms with van der Waals surface area (Å²) in [7, 11) is 0. The average molecular weight is 412 g/mol. The summed E-state index contributed by atoms with van der Waals surface area (Å²) in [6.07, 6.45) is 7.23. The van der Waals surface area contributed by atoms with E-state index < -0.39 is 0 Å². The second-order valence-corrected chi connectivity index (χ2v) is 8.41. The molecule has 1 aliphatic heterocycles. The smallest absolute Gasteiger partial charge is 0.142 e. The highest BCUT2D eigenvalue weighted by atomic mass is 16.3. The number of aryl methyl sites for hydroxylation is 1. The first kappa shape index (κ1) is 19.7. The topological polar surface area (TPSA) is 82.5 Å². The van der Waals surface area contributed by atoms with Crippen molar-refractivity contribution < 1.29 is 4.42 Å². The van der Waals surface area contributed by atoms with Crippen LogP contribution < -0.4 is 0 Å². The number of fused-ring (bicyclic) bond motifs is 1. The molecular weight excluding hydrogens is 388 g/mol. The van der Waals surface area contributed by atoms with E-state index in [1.165, 1.54) is 5.56 Å². The Morgan fingerprint density at radius 3 is 2.65 bits per heavy atom. The van der Waals surface area contributed by atoms with Gasteiger partial charge in [0.15, 0.2) is 0 Å². The molecule has 1 fully saturated rings. The van der Waals surface area contributed by atoms with Crippen molar-refractivity contribution in [2.75, 3.05) is 19.6 Å². The SMILES string of the molecule is N#CCN1CCC(c2cc(-c3ccncc3)c(-c3ccc4c(c3)CCC4N=O)o2)CC1. The molecule has 0 saturated carbocycles. The van der Waals surface area contributed by atoms with E-state index in [1.807, 2.05) is 24.3 Å². The number of nitrogens with zero attached hydrogens (tertiary/aromatic N) is 4. The van der Waals surface area contributed by atoms with E-state index in [0.29, 0.717) is 12.5 Å². The molecule has 5 rings (SSSR count). The molecule has 6 heteroatoms. The number of nitroso groups, excluding NO2 is 1. The minimum absolute atomic E-state index is 0.227. The Labute approximate surface area is 181 Å². The molecular formula is C25H24N4O2. The highest BCUT2D eigenvalue weighted by Crippen LogP contribution is 2.42. The molecule has 0 spiro atoms. The predicted molar refractivity (Wildman–Crippen MR) is 118 cm³/mol. The maximum Gasteiger partial charge on any atom is 0.142 e. The molecule has 0 bridgehead atoms. The fourth-order valence-corrected chi connectivity index (χ4v) is 4.89. The Bertz CT molecular complexity index is 1120. The zero-order chi connectivity index (χ0) is 21.2. The van der Waals surface area contributed by atoms with Crippen LogP contribution in [0.1, 0.15) is 48.1 Å². The van der Waals surface area contributed by atoms with Gasteiger partial charge in [0.2, 0.25) is 0 Å². The summed E-state index contributed by atoms with van der Waals surface area (Å²) in [5.74, 6) is 2.22. The van der Waals surface area contributed by atoms with Crippen LogP contribution >= 0.6 is 0 Å². The molecule has 31 heavy (non-hydrogen) atoms. The van der Waals surface area contributed by atoms with E-state index >= 15 is 0 Å². The lowest BCUT2D eigenvalue weighted by atomic mass is 9.93. The third-order valence-corrected chi connectivity index (χ3v) is 6.61. The largest absolute Gasteiger partial charge is 0.460 e. The predicted octanol–water partition coefficient (Wildman–Crippen LogP) is 5.47. The van der Waals surface area contributed by atoms with E-state index in [-0.39, 0.29) is 6.04 Å². The van der Waals surface area contributed by atoms with Gasteiger partial charge in [-0.15, -0.1) is 0 Å². The van der Waals surface area contributed by atoms with E-state index in [0.717, 1.165) is 72.5 Å². The molecule has 1 saturated heterocycles. The quantitative estimate of drug-likeness (QED) is 0.410. The number of furan rings is 1. The number of benzene rings is 1. The zero-order valence-corrected chi connectivity index (χ0v) is 17.3. The Kier molecular flexibility index (Phi) is 5.35. The Morgan fingerprint density at radius 2 is 1.90 bits per heavy atom. The van der Waals surface area contributed by atoms with Gasteiger partial charge in [-0.2, -0.15) is 10.2 Å². The van der Waals surface area contributed by atoms with Crippen molar-refractivity contribution in [2.24, 2.45) is 5.18 Å². The summed E-state index contributed by atoms with van der Waals surface area (Å²) in [6, 6.07) is 14.4. The van der Waals surface area contributed by atoms with Gasteiger partial charge in [0.05, 0.1) is 12.6 Å². The number of nitriles is 1. The first-order valence-electron chi connectivity index (χ1n) is 10.9. The molecule has 1 aromatic carbocycles. The Balaban J connectivity index is 1.51. The van der Waals surface area contributed by atoms with Crippen LogP contribution in [0.3, 0.4) is 0 Å². The lowest BCUT2D eigenvalue weighted by Crippen LogP contribution is -2.33. The van der Waals surface area contributed by atoms with Crippen LogP contribution in [-0.2, 0) is 6.42 Å². The molecule has 0 amide bonds. The van der Waals surface area contributed by atoms with Gasteiger partial charge in [0.1, 0.15) is 17.6 Å². The summed E-state index contributed by atoms with van der Waals surface area (Å²) in [5.41, 5.74) is 5.41. The van der Waals surface area contributed by atoms with Gasteiger partial charge in [-0.25, -0.2) is 0 Å². The van der Waals surface area contributed by atoms with E-state index in [2.05, 4.69) is 33.3 Å². The van der Waals surface area contributed by atoms with Gasteiger partial charge in [0, 0.05) is 29.4 Å². The van der Waals surface area contributed by atoms with Gasteiger partial charge in [0.25, 0.3) is 0 Å². The molecule has 6 nitrogen and oxygen atoms in total. The number of rotatable bonds is 5. The highest BCUT2D eigenvalue weighted by molar-refractivity contribution is 5.80. The molecule has 2 aliphatic rings. The standard InChI is InChI=1S/C25H24N4O2/c26-9-14-29-12-7-18(8-13-29)24-16-22(17-5-10-27-11-6-17)25(31-24)20-1-3-21-19(15-20)2-4-23(21)28-30/h1,3,5-6,10-11,15-16,18,23H,2,4,7-8,12-14H2. The van der Waals surface area contributed by atoms with Crippen molar-refractivity contribution in [3.63, 3.8) is 0 Å². The molecule has 0 N–H and O–H groups in total. The molecule has 3 aromatic rings. The summed E-state index contributed by atoms with van der Waals surface area (Å²) < 4.78 is 6.51. The minimum atomic E-state index is -0.227. The molecule has 3 heterocycles. The molecule has 0 radical (unpaired) electrons. The summed E-state index contributed by atoms with van der Waals surface area (Å²) in [5, 5.41) is 12.2. The number of aromatic nitrogens is 1. The molecule has 1 aliphatic carbocycles. The van der Waals surface area contributed by atoms with Crippen molar-refractivity contribution in [1.29, 1.82) is 5.26 Å². The summed E-state index contributed by atoms with van der Waals surface area (Å²) >= 11 is 0. The van der Waals surface area contributed by atoms with Crippen molar-refractivity contribution in [1.82, 2.24) is 9.88 Å². The lowest BCUT2D eigenvalue weighted by molar-refractivity contribution is 0.223. The van der Waals surface area contributed by atoms with Crippen LogP contribution in [-0.4, -0.2) is 29.5 Å². The van der Waals surface area contributed by atoms with Crippen LogP contribution in [0.15, 0.2) is 58.4 Å². The fraction of sp³-hybridized carbons (Fsp3) is 0.360. The fourth-order valence-electron chi connectivity index (χ4n) is 4.89. The normalized spacial score (nSPS) is 19.1. The number of pyridine rings is 1. The van der Waals surface area contributed by atoms with Crippen molar-refractivity contribution in [2.45, 2.75) is 37.6 Å². The average Bonchev–Trinajstić information content (AvgIpc) is 3.44. The third-order valence-electron chi connectivity index (χ3n) is 6.61. The monoisotopic (exact) mass is 412 g/mol. The van der Waals surface area contributed by atoms with Crippen LogP contribution in [0.2, 0.25) is 0 Å². The summed E-state index contributed by atoms with van der Waals surface area (Å²) in [4.78, 5) is 17.5. The Hall–Kier alpha value is -3.30. The number of likely N-dealkylation sites (tertiary alicyclic amines) is 1. The van der Waals surface area contributed by atoms with E-state index in [9.17, 15) is 4.91 Å². The van der Waals surface area contributed by atoms with Crippen LogP contribution in [0, 0.1) is 16.2 Å². The molecule has 2 aromatic heterocycles. The molecule has 1 unspecified atom stereocenters. The van der Waals surface area contributed by atoms with Crippen molar-refractivity contribution in [3.05, 3.63) is 70.6 Å². The first-order chi connectivity index (χ1) is 15.3. The third kappa shape index (κ3) is 3.77. The maximum absolute atomic E-state index is 11.1. The van der Waals surface area contributed by atoms with E-state index in [4.69, 9.17) is 9.68 Å². The molecule has 1 atom stereocenters. The summed E-state index contributed by atoms with van der Waals surface area (Å²) in [6.45, 7) is 2.32. The van der Waals surface area contributed by atoms with Crippen molar-refractivity contribution in [3.8, 4) is 28.5 Å². The Morgan fingerprint density at radius 1 is 1.10 bits per heavy atom.